The molecule has 114 valence electrons. The Bertz CT molecular complexity index is 344. The van der Waals surface area contributed by atoms with Gasteiger partial charge in [-0.05, 0) is 32.4 Å². The first kappa shape index (κ1) is 14.3. The molecular formula is C15H27N3O2. The number of amides is 1. The fraction of sp³-hybridized carbons (Fsp3) is 0.933. The SMILES string of the molecule is O=C1CCCN1CCN1C[C@H](O)[C@@H](N2CCCCC2)C1. The molecule has 0 radical (unpaired) electrons. The average Bonchev–Trinajstić information content (AvgIpc) is 3.03. The summed E-state index contributed by atoms with van der Waals surface area (Å²) < 4.78 is 0. The minimum absolute atomic E-state index is 0.220. The number of rotatable bonds is 4. The van der Waals surface area contributed by atoms with Gasteiger partial charge in [0.1, 0.15) is 0 Å². The van der Waals surface area contributed by atoms with Gasteiger partial charge in [0.2, 0.25) is 5.91 Å². The fourth-order valence-corrected chi connectivity index (χ4v) is 3.84. The summed E-state index contributed by atoms with van der Waals surface area (Å²) in [6, 6.07) is 0.310. The maximum atomic E-state index is 11.6. The van der Waals surface area contributed by atoms with Crippen molar-refractivity contribution < 1.29 is 9.90 Å². The molecule has 0 spiro atoms. The van der Waals surface area contributed by atoms with Crippen LogP contribution in [0.5, 0.6) is 0 Å². The molecule has 3 rings (SSSR count). The van der Waals surface area contributed by atoms with E-state index >= 15 is 0 Å². The monoisotopic (exact) mass is 281 g/mol. The van der Waals surface area contributed by atoms with Crippen molar-refractivity contribution in [3.8, 4) is 0 Å². The summed E-state index contributed by atoms with van der Waals surface area (Å²) in [5.74, 6) is 0.303. The van der Waals surface area contributed by atoms with Crippen LogP contribution in [-0.4, -0.2) is 83.7 Å². The second kappa shape index (κ2) is 6.41. The summed E-state index contributed by atoms with van der Waals surface area (Å²) >= 11 is 0. The number of β-amino-alcohol motifs (C(OH)–C–C–N with tert-alkyl or cyclic N) is 1. The van der Waals surface area contributed by atoms with Crippen LogP contribution in [0.2, 0.25) is 0 Å². The minimum atomic E-state index is -0.220. The van der Waals surface area contributed by atoms with Crippen LogP contribution in [0.25, 0.3) is 0 Å². The Labute approximate surface area is 121 Å². The summed E-state index contributed by atoms with van der Waals surface area (Å²) in [6.07, 6.45) is 5.39. The van der Waals surface area contributed by atoms with E-state index in [2.05, 4.69) is 9.80 Å². The van der Waals surface area contributed by atoms with E-state index in [0.717, 1.165) is 58.7 Å². The van der Waals surface area contributed by atoms with Crippen LogP contribution in [0.1, 0.15) is 32.1 Å². The minimum Gasteiger partial charge on any atom is -0.390 e. The smallest absolute Gasteiger partial charge is 0.222 e. The standard InChI is InChI=1S/C15H27N3O2/c19-14-12-16(9-10-18-8-4-5-15(18)20)11-13(14)17-6-2-1-3-7-17/h13-14,19H,1-12H2/t13-,14-/m0/s1. The maximum absolute atomic E-state index is 11.6. The van der Waals surface area contributed by atoms with Crippen molar-refractivity contribution in [2.75, 3.05) is 45.8 Å². The first-order valence-electron chi connectivity index (χ1n) is 8.16. The van der Waals surface area contributed by atoms with E-state index in [1.54, 1.807) is 0 Å². The lowest BCUT2D eigenvalue weighted by molar-refractivity contribution is -0.127. The van der Waals surface area contributed by atoms with Gasteiger partial charge in [0.05, 0.1) is 6.10 Å². The van der Waals surface area contributed by atoms with E-state index < -0.39 is 0 Å². The molecule has 0 unspecified atom stereocenters. The molecule has 20 heavy (non-hydrogen) atoms. The number of hydrogen-bond donors (Lipinski definition) is 1. The third-order valence-corrected chi connectivity index (χ3v) is 5.05. The van der Waals surface area contributed by atoms with E-state index in [-0.39, 0.29) is 6.10 Å². The molecule has 2 atom stereocenters. The summed E-state index contributed by atoms with van der Waals surface area (Å²) in [5.41, 5.74) is 0. The zero-order valence-corrected chi connectivity index (χ0v) is 12.3. The van der Waals surface area contributed by atoms with Crippen LogP contribution in [0.15, 0.2) is 0 Å². The first-order chi connectivity index (χ1) is 9.74. The van der Waals surface area contributed by atoms with E-state index in [1.807, 2.05) is 4.90 Å². The Morgan fingerprint density at radius 2 is 1.80 bits per heavy atom. The number of nitrogens with zero attached hydrogens (tertiary/aromatic N) is 3. The molecule has 0 aromatic heterocycles. The maximum Gasteiger partial charge on any atom is 0.222 e. The number of hydrogen-bond acceptors (Lipinski definition) is 4. The predicted molar refractivity (Wildman–Crippen MR) is 77.5 cm³/mol. The average molecular weight is 281 g/mol. The lowest BCUT2D eigenvalue weighted by Crippen LogP contribution is -2.46. The van der Waals surface area contributed by atoms with Gasteiger partial charge in [0, 0.05) is 45.2 Å². The number of aliphatic hydroxyl groups excluding tert-OH is 1. The van der Waals surface area contributed by atoms with Gasteiger partial charge in [-0.3, -0.25) is 14.6 Å². The molecule has 5 heteroatoms. The third-order valence-electron chi connectivity index (χ3n) is 5.05. The highest BCUT2D eigenvalue weighted by molar-refractivity contribution is 5.78. The lowest BCUT2D eigenvalue weighted by atomic mass is 10.1. The second-order valence-corrected chi connectivity index (χ2v) is 6.48. The molecule has 3 fully saturated rings. The second-order valence-electron chi connectivity index (χ2n) is 6.48. The predicted octanol–water partition coefficient (Wildman–Crippen LogP) is 0.140. The molecule has 3 aliphatic heterocycles. The van der Waals surface area contributed by atoms with Crippen LogP contribution in [0.3, 0.4) is 0 Å². The molecule has 0 aromatic rings. The zero-order valence-electron chi connectivity index (χ0n) is 12.3. The summed E-state index contributed by atoms with van der Waals surface area (Å²) in [5, 5.41) is 10.3. The summed E-state index contributed by atoms with van der Waals surface area (Å²) in [4.78, 5) is 18.4. The normalized spacial score (nSPS) is 33.2. The van der Waals surface area contributed by atoms with Gasteiger partial charge < -0.3 is 10.0 Å². The quantitative estimate of drug-likeness (QED) is 0.796. The van der Waals surface area contributed by atoms with Crippen LogP contribution in [0.4, 0.5) is 0 Å². The molecule has 3 saturated heterocycles. The van der Waals surface area contributed by atoms with Gasteiger partial charge in [-0.2, -0.15) is 0 Å². The molecule has 0 bridgehead atoms. The number of carbonyl (C=O) groups excluding carboxylic acids is 1. The van der Waals surface area contributed by atoms with Crippen LogP contribution < -0.4 is 0 Å². The molecule has 0 saturated carbocycles. The van der Waals surface area contributed by atoms with E-state index in [1.165, 1.54) is 19.3 Å². The van der Waals surface area contributed by atoms with Crippen molar-refractivity contribution in [3.63, 3.8) is 0 Å². The Kier molecular flexibility index (Phi) is 4.58. The van der Waals surface area contributed by atoms with Crippen molar-refractivity contribution in [2.45, 2.75) is 44.2 Å². The van der Waals surface area contributed by atoms with Crippen LogP contribution >= 0.6 is 0 Å². The van der Waals surface area contributed by atoms with Gasteiger partial charge in [0.25, 0.3) is 0 Å². The fourth-order valence-electron chi connectivity index (χ4n) is 3.84. The molecule has 1 amide bonds. The van der Waals surface area contributed by atoms with E-state index in [9.17, 15) is 9.90 Å². The number of aliphatic hydroxyl groups is 1. The highest BCUT2D eigenvalue weighted by Crippen LogP contribution is 2.21. The highest BCUT2D eigenvalue weighted by Gasteiger charge is 2.36. The Balaban J connectivity index is 1.46. The van der Waals surface area contributed by atoms with E-state index in [4.69, 9.17) is 0 Å². The van der Waals surface area contributed by atoms with Gasteiger partial charge >= 0.3 is 0 Å². The summed E-state index contributed by atoms with van der Waals surface area (Å²) in [7, 11) is 0. The third kappa shape index (κ3) is 3.15. The topological polar surface area (TPSA) is 47.0 Å². The zero-order chi connectivity index (χ0) is 13.9. The van der Waals surface area contributed by atoms with E-state index in [0.29, 0.717) is 11.9 Å². The molecule has 0 aromatic carbocycles. The molecule has 0 aliphatic carbocycles. The Hall–Kier alpha value is -0.650. The lowest BCUT2D eigenvalue weighted by Gasteiger charge is -2.33. The molecule has 3 aliphatic rings. The highest BCUT2D eigenvalue weighted by atomic mass is 16.3. The van der Waals surface area contributed by atoms with Gasteiger partial charge in [-0.25, -0.2) is 0 Å². The van der Waals surface area contributed by atoms with Crippen molar-refractivity contribution in [2.24, 2.45) is 0 Å². The van der Waals surface area contributed by atoms with Crippen LogP contribution in [0, 0.1) is 0 Å². The van der Waals surface area contributed by atoms with Crippen molar-refractivity contribution in [3.05, 3.63) is 0 Å². The number of likely N-dealkylation sites (tertiary alicyclic amines) is 3. The van der Waals surface area contributed by atoms with Crippen LogP contribution in [-0.2, 0) is 4.79 Å². The molecular weight excluding hydrogens is 254 g/mol. The Morgan fingerprint density at radius 1 is 1.00 bits per heavy atom. The molecule has 3 heterocycles. The van der Waals surface area contributed by atoms with Crippen molar-refractivity contribution in [1.29, 1.82) is 0 Å². The Morgan fingerprint density at radius 3 is 2.50 bits per heavy atom. The first-order valence-corrected chi connectivity index (χ1v) is 8.16. The van der Waals surface area contributed by atoms with Crippen molar-refractivity contribution >= 4 is 5.91 Å². The number of piperidine rings is 1. The van der Waals surface area contributed by atoms with Gasteiger partial charge in [-0.15, -0.1) is 0 Å². The van der Waals surface area contributed by atoms with Crippen molar-refractivity contribution in [1.82, 2.24) is 14.7 Å². The molecule has 1 N–H and O–H groups in total. The summed E-state index contributed by atoms with van der Waals surface area (Å²) in [6.45, 7) is 6.67. The number of carbonyl (C=O) groups is 1. The van der Waals surface area contributed by atoms with Gasteiger partial charge in [-0.1, -0.05) is 6.42 Å². The largest absolute Gasteiger partial charge is 0.390 e. The van der Waals surface area contributed by atoms with Gasteiger partial charge in [0.15, 0.2) is 0 Å². The molecule has 5 nitrogen and oxygen atoms in total.